The minimum atomic E-state index is -0.361. The van der Waals surface area contributed by atoms with Crippen LogP contribution >= 0.6 is 0 Å². The van der Waals surface area contributed by atoms with Gasteiger partial charge in [-0.25, -0.2) is 0 Å². The van der Waals surface area contributed by atoms with Crippen molar-refractivity contribution < 1.29 is 49.5 Å². The average Bonchev–Trinajstić information content (AvgIpc) is 3.59. The van der Waals surface area contributed by atoms with Crippen LogP contribution in [0.3, 0.4) is 0 Å². The van der Waals surface area contributed by atoms with E-state index in [1.165, 1.54) is 0 Å². The summed E-state index contributed by atoms with van der Waals surface area (Å²) in [6, 6.07) is 69.5. The van der Waals surface area contributed by atoms with Crippen molar-refractivity contribution in [1.82, 2.24) is 24.9 Å². The molecule has 0 aliphatic carbocycles. The molecule has 1 fully saturated rings. The Balaban J connectivity index is 0.000000165. The van der Waals surface area contributed by atoms with E-state index in [0.717, 1.165) is 61.7 Å². The van der Waals surface area contributed by atoms with Crippen LogP contribution in [-0.4, -0.2) is 43.2 Å². The quantitative estimate of drug-likeness (QED) is 0.121. The Labute approximate surface area is 410 Å². The van der Waals surface area contributed by atoms with E-state index < -0.39 is 0 Å². The monoisotopic (exact) mass is 1210 g/mol. The molecule has 0 atom stereocenters. The van der Waals surface area contributed by atoms with Gasteiger partial charge in [-0.1, -0.05) is 42.5 Å². The number of aromatic nitrogens is 5. The minimum absolute atomic E-state index is 0. The van der Waals surface area contributed by atoms with Crippen LogP contribution in [0.2, 0.25) is 0 Å². The molecule has 9 aromatic rings. The van der Waals surface area contributed by atoms with E-state index in [4.69, 9.17) is 9.31 Å². The summed E-state index contributed by atoms with van der Waals surface area (Å²) in [6.07, 6.45) is 8.97. The van der Waals surface area contributed by atoms with Crippen molar-refractivity contribution in [2.24, 2.45) is 0 Å². The minimum Gasteiger partial charge on any atom is -0.399 e. The second-order valence-corrected chi connectivity index (χ2v) is 15.2. The van der Waals surface area contributed by atoms with E-state index >= 15 is 0 Å². The van der Waals surface area contributed by atoms with Gasteiger partial charge < -0.3 is 29.2 Å². The average molecular weight is 1200 g/mol. The zero-order chi connectivity index (χ0) is 43.7. The molecule has 10 rings (SSSR count). The van der Waals surface area contributed by atoms with Crippen LogP contribution in [0.15, 0.2) is 207 Å². The molecule has 4 aromatic carbocycles. The Morgan fingerprint density at radius 3 is 1.11 bits per heavy atom. The molecular weight excluding hydrogens is 1160 g/mol. The van der Waals surface area contributed by atoms with Gasteiger partial charge in [-0.15, -0.1) is 144 Å². The summed E-state index contributed by atoms with van der Waals surface area (Å²) in [7, 11) is -0.361. The number of benzene rings is 4. The van der Waals surface area contributed by atoms with Crippen molar-refractivity contribution in [3.63, 3.8) is 0 Å². The second-order valence-electron chi connectivity index (χ2n) is 15.2. The molecule has 1 aliphatic heterocycles. The SMILES string of the molecule is CC1(C)OB(c2ccnc(-c3[c-]cccc3)c2)OC1(C)C.[Ir].[Ir].[c-]1ccccc1-c1cc(-c2ccccn2)ccn1.[c-]1ccccc1-c1ccccn1.[c-]1ccccc1-c1ccccn1. The van der Waals surface area contributed by atoms with E-state index in [0.29, 0.717) is 0 Å². The maximum Gasteiger partial charge on any atom is 0.494 e. The Morgan fingerprint density at radius 2 is 0.723 bits per heavy atom. The summed E-state index contributed by atoms with van der Waals surface area (Å²) in [5.41, 5.74) is 10.1. The Hall–Kier alpha value is -6.09. The summed E-state index contributed by atoms with van der Waals surface area (Å²) in [4.78, 5) is 21.6. The number of nitrogens with zero attached hydrogens (tertiary/aromatic N) is 5. The molecule has 0 bridgehead atoms. The Bertz CT molecular complexity index is 2500. The maximum atomic E-state index is 6.08. The standard InChI is InChI=1S/C17H19BNO2.C16H11N2.2C11H8N.2Ir/c1-16(2)17(3,4)21-18(20-16)14-10-11-19-15(12-14)13-8-6-5-7-9-13;1-2-6-13(7-3-1)16-12-14(9-11-18-16)15-8-4-5-10-17-15;2*1-2-6-10(7-3-1)11-8-4-5-9-12-11;;/h5-8,10-12H,1-4H3;1-6,8-12H;2*1-6,8-9H;;/q4*-1;;. The molecule has 6 heterocycles. The maximum absolute atomic E-state index is 6.08. The molecule has 0 spiro atoms. The summed E-state index contributed by atoms with van der Waals surface area (Å²) < 4.78 is 12.2. The third-order valence-corrected chi connectivity index (χ3v) is 10.3. The van der Waals surface area contributed by atoms with E-state index in [-0.39, 0.29) is 58.5 Å². The topological polar surface area (TPSA) is 82.9 Å². The fourth-order valence-corrected chi connectivity index (χ4v) is 6.25. The normalized spacial score (nSPS) is 12.8. The second kappa shape index (κ2) is 24.8. The van der Waals surface area contributed by atoms with Gasteiger partial charge in [0.25, 0.3) is 0 Å². The van der Waals surface area contributed by atoms with Crippen molar-refractivity contribution in [3.05, 3.63) is 231 Å². The van der Waals surface area contributed by atoms with E-state index in [9.17, 15) is 0 Å². The van der Waals surface area contributed by atoms with Gasteiger partial charge in [0.15, 0.2) is 0 Å². The molecule has 10 heteroatoms. The van der Waals surface area contributed by atoms with E-state index in [1.807, 2.05) is 176 Å². The first kappa shape index (κ1) is 49.9. The number of hydrogen-bond acceptors (Lipinski definition) is 7. The fourth-order valence-electron chi connectivity index (χ4n) is 6.25. The molecule has 0 saturated carbocycles. The summed E-state index contributed by atoms with van der Waals surface area (Å²) in [5.74, 6) is 0. The molecule has 5 aromatic heterocycles. The van der Waals surface area contributed by atoms with Crippen molar-refractivity contribution in [1.29, 1.82) is 0 Å². The van der Waals surface area contributed by atoms with Gasteiger partial charge in [-0.05, 0) is 97.9 Å². The van der Waals surface area contributed by atoms with Crippen LogP contribution in [0.4, 0.5) is 0 Å². The van der Waals surface area contributed by atoms with Crippen molar-refractivity contribution >= 4 is 12.6 Å². The van der Waals surface area contributed by atoms with E-state index in [2.05, 4.69) is 76.9 Å². The first-order valence-corrected chi connectivity index (χ1v) is 20.7. The third kappa shape index (κ3) is 14.2. The van der Waals surface area contributed by atoms with Gasteiger partial charge in [-0.2, -0.15) is 0 Å². The number of rotatable bonds is 6. The largest absolute Gasteiger partial charge is 0.494 e. The predicted molar refractivity (Wildman–Crippen MR) is 253 cm³/mol. The summed E-state index contributed by atoms with van der Waals surface area (Å²) in [6.45, 7) is 8.22. The Kier molecular flexibility index (Phi) is 19.1. The molecule has 0 unspecified atom stereocenters. The first-order valence-electron chi connectivity index (χ1n) is 20.7. The van der Waals surface area contributed by atoms with E-state index in [1.54, 1.807) is 31.0 Å². The third-order valence-electron chi connectivity index (χ3n) is 10.3. The first-order chi connectivity index (χ1) is 30.8. The molecule has 1 aliphatic rings. The van der Waals surface area contributed by atoms with Crippen molar-refractivity contribution in [2.75, 3.05) is 0 Å². The molecule has 0 N–H and O–H groups in total. The molecule has 0 amide bonds. The zero-order valence-electron chi connectivity index (χ0n) is 36.4. The van der Waals surface area contributed by atoms with Crippen molar-refractivity contribution in [2.45, 2.75) is 38.9 Å². The van der Waals surface area contributed by atoms with Crippen LogP contribution < -0.4 is 5.46 Å². The van der Waals surface area contributed by atoms with Crippen molar-refractivity contribution in [3.8, 4) is 56.3 Å². The van der Waals surface area contributed by atoms with Gasteiger partial charge in [-0.3, -0.25) is 4.98 Å². The molecule has 328 valence electrons. The zero-order valence-corrected chi connectivity index (χ0v) is 41.2. The van der Waals surface area contributed by atoms with Gasteiger partial charge in [0, 0.05) is 71.2 Å². The van der Waals surface area contributed by atoms with Crippen LogP contribution in [0.5, 0.6) is 0 Å². The predicted octanol–water partition coefficient (Wildman–Crippen LogP) is 11.6. The van der Waals surface area contributed by atoms with Gasteiger partial charge in [0.2, 0.25) is 0 Å². The number of pyridine rings is 5. The summed E-state index contributed by atoms with van der Waals surface area (Å²) >= 11 is 0. The fraction of sp³-hybridized carbons (Fsp3) is 0.109. The van der Waals surface area contributed by atoms with Crippen LogP contribution in [0, 0.1) is 24.3 Å². The molecule has 2 radical (unpaired) electrons. The summed E-state index contributed by atoms with van der Waals surface area (Å²) in [5, 5.41) is 0. The van der Waals surface area contributed by atoms with Crippen LogP contribution in [-0.2, 0) is 49.5 Å². The van der Waals surface area contributed by atoms with Gasteiger partial charge in [0.1, 0.15) is 0 Å². The van der Waals surface area contributed by atoms with Gasteiger partial charge in [0.05, 0.1) is 16.9 Å². The van der Waals surface area contributed by atoms with Crippen LogP contribution in [0.1, 0.15) is 27.7 Å². The molecular formula is C55H46BIr2N5O2-4. The van der Waals surface area contributed by atoms with Gasteiger partial charge >= 0.3 is 7.12 Å². The molecule has 1 saturated heterocycles. The smallest absolute Gasteiger partial charge is 0.399 e. The van der Waals surface area contributed by atoms with Crippen LogP contribution in [0.25, 0.3) is 56.3 Å². The Morgan fingerprint density at radius 1 is 0.369 bits per heavy atom. The number of hydrogen-bond donors (Lipinski definition) is 0. The molecule has 65 heavy (non-hydrogen) atoms. The molecule has 7 nitrogen and oxygen atoms in total.